The molecule has 164 valence electrons. The highest BCUT2D eigenvalue weighted by molar-refractivity contribution is 6.29. The quantitative estimate of drug-likeness (QED) is 0.699. The van der Waals surface area contributed by atoms with Gasteiger partial charge < -0.3 is 15.5 Å². The van der Waals surface area contributed by atoms with Gasteiger partial charge in [0.05, 0.1) is 5.56 Å². The molecule has 1 unspecified atom stereocenters. The van der Waals surface area contributed by atoms with Gasteiger partial charge in [0, 0.05) is 33.2 Å². The van der Waals surface area contributed by atoms with Gasteiger partial charge in [-0.1, -0.05) is 41.9 Å². The average Bonchev–Trinajstić information content (AvgIpc) is 3.32. The third-order valence-corrected chi connectivity index (χ3v) is 6.56. The molecule has 2 aromatic rings. The number of hydrogen-bond acceptors (Lipinski definition) is 4. The summed E-state index contributed by atoms with van der Waals surface area (Å²) in [7, 11) is 1.49. The second kappa shape index (κ2) is 9.24. The van der Waals surface area contributed by atoms with Gasteiger partial charge in [0.2, 0.25) is 0 Å². The summed E-state index contributed by atoms with van der Waals surface area (Å²) in [6, 6.07) is 13.1. The monoisotopic (exact) mass is 441 g/mol. The number of amides is 3. The molecule has 2 aliphatic heterocycles. The van der Waals surface area contributed by atoms with E-state index in [9.17, 15) is 9.59 Å². The van der Waals surface area contributed by atoms with E-state index in [0.29, 0.717) is 17.4 Å². The van der Waals surface area contributed by atoms with E-state index in [1.165, 1.54) is 12.6 Å². The van der Waals surface area contributed by atoms with Crippen molar-refractivity contribution >= 4 is 29.4 Å². The van der Waals surface area contributed by atoms with Gasteiger partial charge in [-0.3, -0.25) is 9.69 Å². The summed E-state index contributed by atoms with van der Waals surface area (Å²) in [5, 5.41) is 0.212. The number of fused-ring (bicyclic) bond motifs is 1. The van der Waals surface area contributed by atoms with Crippen molar-refractivity contribution in [3.63, 3.8) is 0 Å². The smallest absolute Gasteiger partial charge is 0.320 e. The van der Waals surface area contributed by atoms with Gasteiger partial charge in [0.25, 0.3) is 5.91 Å². The Kier molecular flexibility index (Phi) is 6.43. The van der Waals surface area contributed by atoms with E-state index in [1.54, 1.807) is 12.1 Å². The van der Waals surface area contributed by atoms with Crippen LogP contribution in [0.4, 0.5) is 10.6 Å². The largest absolute Gasteiger partial charge is 0.351 e. The highest BCUT2D eigenvalue weighted by Gasteiger charge is 2.42. The molecule has 0 aliphatic carbocycles. The fourth-order valence-corrected chi connectivity index (χ4v) is 4.86. The molecule has 2 saturated heterocycles. The Labute approximate surface area is 187 Å². The van der Waals surface area contributed by atoms with E-state index in [4.69, 9.17) is 17.3 Å². The lowest BCUT2D eigenvalue weighted by molar-refractivity contribution is 0.0774. The number of rotatable bonds is 6. The summed E-state index contributed by atoms with van der Waals surface area (Å²) in [5.74, 6) is 1.04. The minimum atomic E-state index is -0.687. The van der Waals surface area contributed by atoms with E-state index < -0.39 is 6.03 Å². The number of carbonyl (C=O) groups excluding carboxylic acids is 2. The number of aromatic nitrogens is 1. The summed E-state index contributed by atoms with van der Waals surface area (Å²) < 4.78 is 0. The van der Waals surface area contributed by atoms with Crippen molar-refractivity contribution in [1.29, 1.82) is 0 Å². The number of aryl methyl sites for hydroxylation is 1. The summed E-state index contributed by atoms with van der Waals surface area (Å²) in [4.78, 5) is 34.5. The number of hydrogen-bond donors (Lipinski definition) is 1. The molecule has 2 fully saturated rings. The molecule has 2 atom stereocenters. The molecule has 7 nitrogen and oxygen atoms in total. The third kappa shape index (κ3) is 4.83. The molecule has 4 rings (SSSR count). The van der Waals surface area contributed by atoms with Crippen LogP contribution >= 0.6 is 11.6 Å². The number of halogens is 1. The van der Waals surface area contributed by atoms with Crippen LogP contribution in [0.1, 0.15) is 22.3 Å². The molecule has 1 aromatic carbocycles. The first-order valence-electron chi connectivity index (χ1n) is 10.7. The fraction of sp³-hybridized carbons (Fsp3) is 0.435. The third-order valence-electron chi connectivity index (χ3n) is 6.35. The Morgan fingerprint density at radius 2 is 1.77 bits per heavy atom. The number of pyridine rings is 1. The van der Waals surface area contributed by atoms with Crippen LogP contribution < -0.4 is 10.6 Å². The van der Waals surface area contributed by atoms with Crippen molar-refractivity contribution in [1.82, 2.24) is 14.8 Å². The van der Waals surface area contributed by atoms with E-state index >= 15 is 0 Å². The van der Waals surface area contributed by atoms with Gasteiger partial charge in [-0.15, -0.1) is 0 Å². The zero-order valence-electron chi connectivity index (χ0n) is 17.7. The van der Waals surface area contributed by atoms with Crippen LogP contribution in [-0.4, -0.2) is 66.5 Å². The molecule has 0 spiro atoms. The van der Waals surface area contributed by atoms with Gasteiger partial charge in [-0.25, -0.2) is 9.78 Å². The Hall–Kier alpha value is -2.64. The number of carbonyl (C=O) groups is 2. The fourth-order valence-electron chi connectivity index (χ4n) is 4.71. The maximum Gasteiger partial charge on any atom is 0.320 e. The van der Waals surface area contributed by atoms with Crippen LogP contribution in [0.25, 0.3) is 0 Å². The zero-order valence-corrected chi connectivity index (χ0v) is 18.5. The van der Waals surface area contributed by atoms with Crippen LogP contribution in [-0.2, 0) is 6.42 Å². The molecule has 0 bridgehead atoms. The van der Waals surface area contributed by atoms with Crippen molar-refractivity contribution in [3.8, 4) is 0 Å². The van der Waals surface area contributed by atoms with Crippen molar-refractivity contribution in [2.75, 3.05) is 44.7 Å². The molecule has 2 aliphatic rings. The van der Waals surface area contributed by atoms with Crippen LogP contribution in [0.15, 0.2) is 42.5 Å². The molecular weight excluding hydrogens is 414 g/mol. The molecule has 3 heterocycles. The molecule has 31 heavy (non-hydrogen) atoms. The number of nitrogens with two attached hydrogens (primary N) is 1. The average molecular weight is 442 g/mol. The molecular formula is C23H28ClN5O2. The maximum atomic E-state index is 13.2. The second-order valence-corrected chi connectivity index (χ2v) is 8.87. The van der Waals surface area contributed by atoms with Gasteiger partial charge in [0.15, 0.2) is 5.82 Å². The summed E-state index contributed by atoms with van der Waals surface area (Å²) in [6.45, 7) is 4.58. The zero-order chi connectivity index (χ0) is 22.0. The van der Waals surface area contributed by atoms with Gasteiger partial charge in [0.1, 0.15) is 5.15 Å². The summed E-state index contributed by atoms with van der Waals surface area (Å²) in [5.41, 5.74) is 7.11. The number of nitrogens with zero attached hydrogens (tertiary/aromatic N) is 4. The normalized spacial score (nSPS) is 20.6. The molecule has 1 aromatic heterocycles. The molecule has 2 N–H and O–H groups in total. The van der Waals surface area contributed by atoms with Gasteiger partial charge in [-0.2, -0.15) is 0 Å². The van der Waals surface area contributed by atoms with Crippen molar-refractivity contribution < 1.29 is 9.59 Å². The first-order chi connectivity index (χ1) is 14.9. The minimum absolute atomic E-state index is 0.128. The van der Waals surface area contributed by atoms with E-state index in [0.717, 1.165) is 50.5 Å². The Morgan fingerprint density at radius 1 is 1.10 bits per heavy atom. The molecule has 0 saturated carbocycles. The van der Waals surface area contributed by atoms with Crippen molar-refractivity contribution in [3.05, 3.63) is 58.7 Å². The Balaban J connectivity index is 1.34. The lowest BCUT2D eigenvalue weighted by Gasteiger charge is -2.23. The first-order valence-corrected chi connectivity index (χ1v) is 11.1. The topological polar surface area (TPSA) is 82.8 Å². The number of primary amides is 1. The second-order valence-electron chi connectivity index (χ2n) is 8.48. The highest BCUT2D eigenvalue weighted by atomic mass is 35.5. The molecule has 0 radical (unpaired) electrons. The number of urea groups is 1. The summed E-state index contributed by atoms with van der Waals surface area (Å²) >= 11 is 5.98. The Morgan fingerprint density at radius 3 is 2.42 bits per heavy atom. The van der Waals surface area contributed by atoms with E-state index in [2.05, 4.69) is 34.1 Å². The van der Waals surface area contributed by atoms with Crippen LogP contribution in [0.2, 0.25) is 5.15 Å². The number of likely N-dealkylation sites (tertiary alicyclic amines) is 2. The van der Waals surface area contributed by atoms with Gasteiger partial charge in [-0.05, 0) is 48.9 Å². The highest BCUT2D eigenvalue weighted by Crippen LogP contribution is 2.33. The number of benzene rings is 1. The van der Waals surface area contributed by atoms with Crippen LogP contribution in [0.5, 0.6) is 0 Å². The lowest BCUT2D eigenvalue weighted by Crippen LogP contribution is -2.37. The minimum Gasteiger partial charge on any atom is -0.351 e. The van der Waals surface area contributed by atoms with E-state index in [-0.39, 0.29) is 16.9 Å². The van der Waals surface area contributed by atoms with Crippen molar-refractivity contribution in [2.45, 2.75) is 12.8 Å². The van der Waals surface area contributed by atoms with Crippen LogP contribution in [0.3, 0.4) is 0 Å². The lowest BCUT2D eigenvalue weighted by atomic mass is 10.0. The Bertz CT molecular complexity index is 940. The predicted octanol–water partition coefficient (Wildman–Crippen LogP) is 2.89. The number of anilines is 1. The maximum absolute atomic E-state index is 13.2. The predicted molar refractivity (Wildman–Crippen MR) is 121 cm³/mol. The molecule has 8 heteroatoms. The van der Waals surface area contributed by atoms with Crippen LogP contribution in [0, 0.1) is 11.8 Å². The summed E-state index contributed by atoms with van der Waals surface area (Å²) in [6.07, 6.45) is 2.24. The standard InChI is InChI=1S/C23H28ClN5O2/c1-27(23(25)31)21-19(9-10-20(24)26-21)22(30)29-14-17-12-28(13-18(17)15-29)11-5-8-16-6-3-2-4-7-16/h2-4,6-7,9-10,17-18H,5,8,11-15H2,1H3,(H2,25,31)/t17-,18?/m0/s1. The molecule has 3 amide bonds. The SMILES string of the molecule is CN(C(N)=O)c1nc(Cl)ccc1C(=O)N1CC2CN(CCCc3ccccc3)C[C@H]2C1. The van der Waals surface area contributed by atoms with Crippen molar-refractivity contribution in [2.24, 2.45) is 17.6 Å². The first kappa shape index (κ1) is 21.6. The van der Waals surface area contributed by atoms with E-state index in [1.807, 2.05) is 11.0 Å². The van der Waals surface area contributed by atoms with Gasteiger partial charge >= 0.3 is 6.03 Å².